The quantitative estimate of drug-likeness (QED) is 0.169. The molecule has 4 N–H and O–H groups in total. The number of halogens is 2. The molecular formula is C33H52F2N6O7S. The molecule has 276 valence electrons. The summed E-state index contributed by atoms with van der Waals surface area (Å²) in [6.07, 6.45) is -4.08. The molecule has 2 rings (SSSR count). The Morgan fingerprint density at radius 1 is 1.02 bits per heavy atom. The lowest BCUT2D eigenvalue weighted by Crippen LogP contribution is -2.61. The van der Waals surface area contributed by atoms with Crippen LogP contribution in [0.4, 0.5) is 13.6 Å². The first-order valence-corrected chi connectivity index (χ1v) is 18.0. The Morgan fingerprint density at radius 3 is 2.12 bits per heavy atom. The first kappa shape index (κ1) is 41.7. The zero-order valence-corrected chi connectivity index (χ0v) is 30.6. The number of carbonyl (C=O) groups excluding carboxylic acids is 4. The molecule has 1 unspecified atom stereocenters. The van der Waals surface area contributed by atoms with Crippen molar-refractivity contribution in [3.8, 4) is 0 Å². The summed E-state index contributed by atoms with van der Waals surface area (Å²) < 4.78 is 52.3. The number of benzene rings is 1. The molecule has 0 radical (unpaired) electrons. The molecule has 0 saturated carbocycles. The second kappa shape index (κ2) is 16.9. The summed E-state index contributed by atoms with van der Waals surface area (Å²) in [7, 11) is -2.14. The maximum atomic E-state index is 14.0. The minimum absolute atomic E-state index is 0.0200. The lowest BCUT2D eigenvalue weighted by Gasteiger charge is -2.37. The van der Waals surface area contributed by atoms with Crippen molar-refractivity contribution in [2.75, 3.05) is 26.4 Å². The van der Waals surface area contributed by atoms with E-state index in [4.69, 9.17) is 0 Å². The summed E-state index contributed by atoms with van der Waals surface area (Å²) in [6.45, 7) is 12.2. The van der Waals surface area contributed by atoms with Gasteiger partial charge in [-0.3, -0.25) is 19.4 Å². The maximum Gasteiger partial charge on any atom is 0.315 e. The second-order valence-corrected chi connectivity index (χ2v) is 16.7. The van der Waals surface area contributed by atoms with Gasteiger partial charge in [-0.2, -0.15) is 0 Å². The third-order valence-electron chi connectivity index (χ3n) is 8.39. The van der Waals surface area contributed by atoms with Gasteiger partial charge < -0.3 is 26.0 Å². The number of aliphatic hydroxyl groups excluding tert-OH is 1. The van der Waals surface area contributed by atoms with Crippen LogP contribution >= 0.6 is 0 Å². The number of amides is 4. The summed E-state index contributed by atoms with van der Waals surface area (Å²) in [5, 5.41) is 18.7. The Kier molecular flexibility index (Phi) is 14.4. The Balaban J connectivity index is 2.25. The van der Waals surface area contributed by atoms with Gasteiger partial charge in [-0.15, -0.1) is 0 Å². The molecule has 5 atom stereocenters. The van der Waals surface area contributed by atoms with E-state index >= 15 is 0 Å². The highest BCUT2D eigenvalue weighted by molar-refractivity contribution is 7.88. The molecule has 1 heterocycles. The highest BCUT2D eigenvalue weighted by atomic mass is 32.2. The van der Waals surface area contributed by atoms with Crippen LogP contribution in [0.2, 0.25) is 0 Å². The van der Waals surface area contributed by atoms with Crippen molar-refractivity contribution >= 4 is 39.4 Å². The number of likely N-dealkylation sites (N-methyl/N-ethyl adjacent to an activating group) is 1. The maximum absolute atomic E-state index is 14.0. The average Bonchev–Trinajstić information content (AvgIpc) is 3.47. The fraction of sp³-hybridized carbons (Fsp3) is 0.667. The molecule has 1 aliphatic heterocycles. The second-order valence-electron chi connectivity index (χ2n) is 14.6. The number of hydrogen-bond donors (Lipinski definition) is 4. The normalized spacial score (nSPS) is 18.5. The van der Waals surface area contributed by atoms with Gasteiger partial charge in [-0.25, -0.2) is 26.3 Å². The minimum atomic E-state index is -3.54. The predicted molar refractivity (Wildman–Crippen MR) is 183 cm³/mol. The number of aliphatic imine (C=N–C) groups is 1. The van der Waals surface area contributed by atoms with E-state index in [0.29, 0.717) is 6.42 Å². The molecule has 1 saturated heterocycles. The van der Waals surface area contributed by atoms with Crippen LogP contribution in [-0.4, -0.2) is 115 Å². The minimum Gasteiger partial charge on any atom is -0.370 e. The van der Waals surface area contributed by atoms with Crippen molar-refractivity contribution in [1.82, 2.24) is 25.2 Å². The summed E-state index contributed by atoms with van der Waals surface area (Å²) >= 11 is 0. The van der Waals surface area contributed by atoms with Gasteiger partial charge in [-0.1, -0.05) is 71.9 Å². The van der Waals surface area contributed by atoms with Crippen LogP contribution in [0.3, 0.4) is 0 Å². The zero-order valence-electron chi connectivity index (χ0n) is 29.8. The third kappa shape index (κ3) is 12.4. The van der Waals surface area contributed by atoms with Gasteiger partial charge in [-0.05, 0) is 30.6 Å². The van der Waals surface area contributed by atoms with Gasteiger partial charge in [0.15, 0.2) is 6.23 Å². The van der Waals surface area contributed by atoms with Crippen LogP contribution in [0.1, 0.15) is 78.1 Å². The molecule has 0 aromatic heterocycles. The number of urea groups is 1. The zero-order chi connectivity index (χ0) is 37.5. The van der Waals surface area contributed by atoms with Crippen molar-refractivity contribution in [2.24, 2.45) is 15.8 Å². The summed E-state index contributed by atoms with van der Waals surface area (Å²) in [5.74, 6) is -1.88. The van der Waals surface area contributed by atoms with Gasteiger partial charge >= 0.3 is 6.03 Å². The number of sulfonamides is 1. The SMILES string of the molecule is CC(=NC(O)[C@H](CC(F)F)NC(=O)[C@@H]1CCCN1C(=O)[C@@H](NC(=O)N[C@H](CN(C)S(C)(=O)=O)C(C)(C)C)C(C)(C)C)C(=O)c1ccccc1. The third-order valence-corrected chi connectivity index (χ3v) is 9.68. The number of hydrogen-bond acceptors (Lipinski definition) is 8. The average molecular weight is 715 g/mol. The monoisotopic (exact) mass is 714 g/mol. The van der Waals surface area contributed by atoms with Crippen molar-refractivity contribution in [3.63, 3.8) is 0 Å². The molecule has 0 spiro atoms. The molecule has 1 fully saturated rings. The number of alkyl halides is 2. The van der Waals surface area contributed by atoms with Crippen LogP contribution < -0.4 is 16.0 Å². The fourth-order valence-electron chi connectivity index (χ4n) is 5.25. The fourth-order valence-corrected chi connectivity index (χ4v) is 5.67. The predicted octanol–water partition coefficient (Wildman–Crippen LogP) is 2.80. The van der Waals surface area contributed by atoms with E-state index in [-0.39, 0.29) is 30.8 Å². The molecule has 16 heteroatoms. The molecule has 0 aliphatic carbocycles. The van der Waals surface area contributed by atoms with Crippen LogP contribution in [0.25, 0.3) is 0 Å². The number of aliphatic hydroxyl groups is 1. The smallest absolute Gasteiger partial charge is 0.315 e. The number of nitrogens with one attached hydrogen (secondary N) is 3. The van der Waals surface area contributed by atoms with Crippen molar-refractivity contribution in [1.29, 1.82) is 0 Å². The van der Waals surface area contributed by atoms with Gasteiger partial charge in [0, 0.05) is 38.2 Å². The lowest BCUT2D eigenvalue weighted by atomic mass is 9.85. The first-order valence-electron chi connectivity index (χ1n) is 16.1. The Bertz CT molecular complexity index is 1460. The van der Waals surface area contributed by atoms with Gasteiger partial charge in [0.1, 0.15) is 12.1 Å². The Hall–Kier alpha value is -3.50. The van der Waals surface area contributed by atoms with Crippen molar-refractivity contribution < 1.29 is 41.5 Å². The van der Waals surface area contributed by atoms with Crippen LogP contribution in [0.5, 0.6) is 0 Å². The number of likely N-dealkylation sites (tertiary alicyclic amines) is 1. The molecule has 49 heavy (non-hydrogen) atoms. The molecular weight excluding hydrogens is 662 g/mol. The van der Waals surface area contributed by atoms with Crippen molar-refractivity contribution in [2.45, 2.75) is 105 Å². The Morgan fingerprint density at radius 2 is 1.61 bits per heavy atom. The van der Waals surface area contributed by atoms with E-state index in [1.807, 2.05) is 20.8 Å². The van der Waals surface area contributed by atoms with E-state index in [9.17, 15) is 41.5 Å². The van der Waals surface area contributed by atoms with Gasteiger partial charge in [0.05, 0.1) is 18.0 Å². The van der Waals surface area contributed by atoms with Crippen molar-refractivity contribution in [3.05, 3.63) is 35.9 Å². The summed E-state index contributed by atoms with van der Waals surface area (Å²) in [6, 6.07) is 2.94. The van der Waals surface area contributed by atoms with Crippen LogP contribution in [-0.2, 0) is 19.6 Å². The first-order chi connectivity index (χ1) is 22.4. The number of nitrogens with zero attached hydrogens (tertiary/aromatic N) is 3. The van der Waals surface area contributed by atoms with E-state index < -0.39 is 87.7 Å². The molecule has 0 bridgehead atoms. The number of rotatable bonds is 14. The largest absolute Gasteiger partial charge is 0.370 e. The van der Waals surface area contributed by atoms with E-state index in [0.717, 1.165) is 10.6 Å². The summed E-state index contributed by atoms with van der Waals surface area (Å²) in [4.78, 5) is 58.7. The van der Waals surface area contributed by atoms with E-state index in [1.54, 1.807) is 51.1 Å². The lowest BCUT2D eigenvalue weighted by molar-refractivity contribution is -0.142. The highest BCUT2D eigenvalue weighted by Crippen LogP contribution is 2.27. The topological polar surface area (TPSA) is 178 Å². The van der Waals surface area contributed by atoms with Crippen LogP contribution in [0, 0.1) is 10.8 Å². The standard InChI is InChI=1S/C33H52F2N6O7S/c1-20(26(42)21-14-11-10-12-15-21)36-28(43)22(18-25(34)35)37-29(44)23-16-13-17-41(23)30(45)27(33(5,6)7)39-31(46)38-24(32(2,3)4)19-40(8)49(9,47)48/h10-12,14-15,22-25,27-28,43H,13,16-19H2,1-9H3,(H,37,44)(H2,38,39,46)/t22-,23-,24+,27+,28?/m0/s1. The van der Waals surface area contributed by atoms with Crippen LogP contribution in [0.15, 0.2) is 35.3 Å². The molecule has 4 amide bonds. The number of Topliss-reactive ketones (excluding diaryl/α,β-unsaturated/α-hetero) is 1. The molecule has 1 aliphatic rings. The van der Waals surface area contributed by atoms with Gasteiger partial charge in [0.25, 0.3) is 0 Å². The highest BCUT2D eigenvalue weighted by Gasteiger charge is 2.43. The number of carbonyl (C=O) groups is 4. The molecule has 13 nitrogen and oxygen atoms in total. The molecule has 1 aromatic carbocycles. The molecule has 1 aromatic rings. The summed E-state index contributed by atoms with van der Waals surface area (Å²) in [5.41, 5.74) is -1.26. The van der Waals surface area contributed by atoms with Gasteiger partial charge in [0.2, 0.25) is 34.0 Å². The van der Waals surface area contributed by atoms with E-state index in [1.165, 1.54) is 18.9 Å². The number of ketones is 1. The van der Waals surface area contributed by atoms with E-state index in [2.05, 4.69) is 20.9 Å². The Labute approximate surface area is 288 Å².